The summed E-state index contributed by atoms with van der Waals surface area (Å²) in [6, 6.07) is 6.40. The molecule has 0 unspecified atom stereocenters. The zero-order chi connectivity index (χ0) is 15.1. The molecular formula is C17H25N3. The molecule has 108 valence electrons. The highest BCUT2D eigenvalue weighted by molar-refractivity contribution is 6.56. The Morgan fingerprint density at radius 3 is 2.05 bits per heavy atom. The Morgan fingerprint density at radius 1 is 0.900 bits per heavy atom. The van der Waals surface area contributed by atoms with Gasteiger partial charge in [-0.1, -0.05) is 11.6 Å². The Morgan fingerprint density at radius 2 is 1.50 bits per heavy atom. The first kappa shape index (κ1) is 14.8. The SMILES string of the molecule is Cc1ccc2c(c1)C(=NC(C)(C)C)C(=NC(C)(C)C)N2. The van der Waals surface area contributed by atoms with E-state index in [1.54, 1.807) is 0 Å². The summed E-state index contributed by atoms with van der Waals surface area (Å²) in [7, 11) is 0. The first-order chi connectivity index (χ1) is 9.05. The molecule has 1 aliphatic heterocycles. The van der Waals surface area contributed by atoms with Gasteiger partial charge in [-0.3, -0.25) is 9.98 Å². The first-order valence-electron chi connectivity index (χ1n) is 7.13. The third-order valence-electron chi connectivity index (χ3n) is 2.80. The molecule has 1 aliphatic rings. The molecule has 1 aromatic rings. The second kappa shape index (κ2) is 4.72. The van der Waals surface area contributed by atoms with Crippen molar-refractivity contribution in [2.24, 2.45) is 9.98 Å². The molecule has 3 heteroatoms. The van der Waals surface area contributed by atoms with Gasteiger partial charge in [0.25, 0.3) is 0 Å². The quantitative estimate of drug-likeness (QED) is 0.754. The summed E-state index contributed by atoms with van der Waals surface area (Å²) in [6.07, 6.45) is 0. The summed E-state index contributed by atoms with van der Waals surface area (Å²) >= 11 is 0. The number of benzene rings is 1. The molecule has 0 spiro atoms. The Kier molecular flexibility index (Phi) is 3.49. The molecule has 0 saturated carbocycles. The van der Waals surface area contributed by atoms with Crippen molar-refractivity contribution in [1.82, 2.24) is 0 Å². The monoisotopic (exact) mass is 271 g/mol. The fourth-order valence-electron chi connectivity index (χ4n) is 2.14. The number of aliphatic imine (C=N–C) groups is 2. The van der Waals surface area contributed by atoms with E-state index in [9.17, 15) is 0 Å². The fraction of sp³-hybridized carbons (Fsp3) is 0.529. The zero-order valence-corrected chi connectivity index (χ0v) is 13.6. The van der Waals surface area contributed by atoms with Crippen molar-refractivity contribution in [3.8, 4) is 0 Å². The zero-order valence-electron chi connectivity index (χ0n) is 13.6. The number of hydrogen-bond acceptors (Lipinski definition) is 2. The molecule has 0 radical (unpaired) electrons. The van der Waals surface area contributed by atoms with E-state index in [-0.39, 0.29) is 11.1 Å². The van der Waals surface area contributed by atoms with Gasteiger partial charge in [0.05, 0.1) is 11.1 Å². The molecular weight excluding hydrogens is 246 g/mol. The van der Waals surface area contributed by atoms with Crippen LogP contribution in [-0.2, 0) is 0 Å². The van der Waals surface area contributed by atoms with Crippen LogP contribution in [0.25, 0.3) is 0 Å². The van der Waals surface area contributed by atoms with Crippen LogP contribution < -0.4 is 5.32 Å². The molecule has 3 nitrogen and oxygen atoms in total. The second-order valence-corrected chi connectivity index (χ2v) is 7.44. The highest BCUT2D eigenvalue weighted by Gasteiger charge is 2.27. The molecule has 1 heterocycles. The standard InChI is InChI=1S/C17H25N3/c1-11-8-9-13-12(10-11)14(19-16(2,3)4)15(18-13)20-17(5,6)7/h8-10H,1-7H3,(H,18,19,20). The summed E-state index contributed by atoms with van der Waals surface area (Å²) in [4.78, 5) is 9.67. The van der Waals surface area contributed by atoms with Gasteiger partial charge < -0.3 is 5.32 Å². The molecule has 0 aliphatic carbocycles. The van der Waals surface area contributed by atoms with Crippen molar-refractivity contribution in [3.05, 3.63) is 29.3 Å². The van der Waals surface area contributed by atoms with Crippen LogP contribution in [-0.4, -0.2) is 22.6 Å². The van der Waals surface area contributed by atoms with Crippen LogP contribution in [0.15, 0.2) is 28.2 Å². The van der Waals surface area contributed by atoms with Crippen LogP contribution in [0.1, 0.15) is 52.7 Å². The van der Waals surface area contributed by atoms with E-state index in [0.717, 1.165) is 22.8 Å². The Labute approximate surface area is 122 Å². The lowest BCUT2D eigenvalue weighted by Crippen LogP contribution is -2.25. The van der Waals surface area contributed by atoms with E-state index in [1.165, 1.54) is 5.56 Å². The Hall–Kier alpha value is -1.64. The van der Waals surface area contributed by atoms with Gasteiger partial charge in [-0.15, -0.1) is 0 Å². The van der Waals surface area contributed by atoms with Gasteiger partial charge in [0, 0.05) is 11.3 Å². The number of aryl methyl sites for hydroxylation is 1. The number of nitrogens with zero attached hydrogens (tertiary/aromatic N) is 2. The summed E-state index contributed by atoms with van der Waals surface area (Å²) in [5, 5.41) is 3.41. The minimum Gasteiger partial charge on any atom is -0.338 e. The number of nitrogens with one attached hydrogen (secondary N) is 1. The fourth-order valence-corrected chi connectivity index (χ4v) is 2.14. The van der Waals surface area contributed by atoms with Crippen LogP contribution in [0.3, 0.4) is 0 Å². The highest BCUT2D eigenvalue weighted by atomic mass is 15.1. The number of rotatable bonds is 0. The van der Waals surface area contributed by atoms with Crippen molar-refractivity contribution >= 4 is 17.2 Å². The Bertz CT molecular complexity index is 581. The molecule has 0 saturated heterocycles. The normalized spacial score (nSPS) is 19.4. The average Bonchev–Trinajstić information content (AvgIpc) is 2.52. The van der Waals surface area contributed by atoms with Gasteiger partial charge in [-0.05, 0) is 60.6 Å². The predicted molar refractivity (Wildman–Crippen MR) is 88.3 cm³/mol. The van der Waals surface area contributed by atoms with E-state index >= 15 is 0 Å². The maximum absolute atomic E-state index is 4.88. The Balaban J connectivity index is 2.59. The number of fused-ring (bicyclic) bond motifs is 1. The van der Waals surface area contributed by atoms with Crippen LogP contribution in [0.5, 0.6) is 0 Å². The summed E-state index contributed by atoms with van der Waals surface area (Å²) in [5.74, 6) is 0.882. The van der Waals surface area contributed by atoms with Crippen molar-refractivity contribution < 1.29 is 0 Å². The maximum atomic E-state index is 4.88. The van der Waals surface area contributed by atoms with E-state index in [0.29, 0.717) is 0 Å². The molecule has 0 fully saturated rings. The van der Waals surface area contributed by atoms with Crippen LogP contribution in [0.2, 0.25) is 0 Å². The smallest absolute Gasteiger partial charge is 0.152 e. The van der Waals surface area contributed by atoms with Crippen LogP contribution in [0.4, 0.5) is 5.69 Å². The summed E-state index contributed by atoms with van der Waals surface area (Å²) in [6.45, 7) is 14.8. The molecule has 0 bridgehead atoms. The molecule has 1 aromatic carbocycles. The van der Waals surface area contributed by atoms with Gasteiger partial charge in [0.15, 0.2) is 5.84 Å². The van der Waals surface area contributed by atoms with Crippen molar-refractivity contribution in [3.63, 3.8) is 0 Å². The van der Waals surface area contributed by atoms with Crippen LogP contribution in [0, 0.1) is 6.92 Å². The lowest BCUT2D eigenvalue weighted by atomic mass is 10.0. The van der Waals surface area contributed by atoms with Crippen LogP contribution >= 0.6 is 0 Å². The molecule has 0 atom stereocenters. The highest BCUT2D eigenvalue weighted by Crippen LogP contribution is 2.28. The van der Waals surface area contributed by atoms with Crippen molar-refractivity contribution in [2.45, 2.75) is 59.5 Å². The summed E-state index contributed by atoms with van der Waals surface area (Å²) in [5.41, 5.74) is 4.22. The van der Waals surface area contributed by atoms with E-state index in [1.807, 2.05) is 0 Å². The average molecular weight is 271 g/mol. The van der Waals surface area contributed by atoms with Crippen molar-refractivity contribution in [2.75, 3.05) is 5.32 Å². The lowest BCUT2D eigenvalue weighted by Gasteiger charge is -2.17. The van der Waals surface area contributed by atoms with Gasteiger partial charge in [0.2, 0.25) is 0 Å². The molecule has 0 aromatic heterocycles. The van der Waals surface area contributed by atoms with Gasteiger partial charge in [-0.25, -0.2) is 0 Å². The molecule has 0 amide bonds. The number of hydrogen-bond donors (Lipinski definition) is 1. The summed E-state index contributed by atoms with van der Waals surface area (Å²) < 4.78 is 0. The van der Waals surface area contributed by atoms with E-state index in [2.05, 4.69) is 72.0 Å². The third-order valence-corrected chi connectivity index (χ3v) is 2.80. The largest absolute Gasteiger partial charge is 0.338 e. The topological polar surface area (TPSA) is 36.8 Å². The third kappa shape index (κ3) is 3.47. The molecule has 1 N–H and O–H groups in total. The maximum Gasteiger partial charge on any atom is 0.152 e. The van der Waals surface area contributed by atoms with Crippen molar-refractivity contribution in [1.29, 1.82) is 0 Å². The molecule has 2 rings (SSSR count). The lowest BCUT2D eigenvalue weighted by molar-refractivity contribution is 0.580. The minimum atomic E-state index is -0.127. The van der Waals surface area contributed by atoms with Gasteiger partial charge >= 0.3 is 0 Å². The van der Waals surface area contributed by atoms with E-state index < -0.39 is 0 Å². The minimum absolute atomic E-state index is 0.124. The second-order valence-electron chi connectivity index (χ2n) is 7.44. The van der Waals surface area contributed by atoms with E-state index in [4.69, 9.17) is 9.98 Å². The molecule has 20 heavy (non-hydrogen) atoms. The predicted octanol–water partition coefficient (Wildman–Crippen LogP) is 4.21. The number of anilines is 1. The van der Waals surface area contributed by atoms with Gasteiger partial charge in [0.1, 0.15) is 5.71 Å². The van der Waals surface area contributed by atoms with Gasteiger partial charge in [-0.2, -0.15) is 0 Å². The number of amidine groups is 1. The first-order valence-corrected chi connectivity index (χ1v) is 7.13.